The lowest BCUT2D eigenvalue weighted by atomic mass is 9.96. The lowest BCUT2D eigenvalue weighted by Gasteiger charge is -2.16. The standard InChI is InChI=1S/C16H21N3O/c1-11(2)7-13(9-17)16(20)19-14-8-12-5-3-4-6-15(12)18-10-14/h3-6,8,10-11,13H,7,9,17H2,1-2H3,(H,19,20). The molecule has 0 bridgehead atoms. The van der Waals surface area contributed by atoms with Crippen molar-refractivity contribution in [1.29, 1.82) is 0 Å². The summed E-state index contributed by atoms with van der Waals surface area (Å²) in [5.41, 5.74) is 7.33. The minimum absolute atomic E-state index is 0.0294. The lowest BCUT2D eigenvalue weighted by molar-refractivity contribution is -0.120. The van der Waals surface area contributed by atoms with E-state index in [0.29, 0.717) is 12.5 Å². The fourth-order valence-corrected chi connectivity index (χ4v) is 2.26. The summed E-state index contributed by atoms with van der Waals surface area (Å²) >= 11 is 0. The SMILES string of the molecule is CC(C)CC(CN)C(=O)Nc1cnc2ccccc2c1. The molecule has 0 radical (unpaired) electrons. The van der Waals surface area contributed by atoms with Gasteiger partial charge in [-0.15, -0.1) is 0 Å². The van der Waals surface area contributed by atoms with Crippen molar-refractivity contribution in [2.45, 2.75) is 20.3 Å². The van der Waals surface area contributed by atoms with Gasteiger partial charge < -0.3 is 11.1 Å². The number of carbonyl (C=O) groups excluding carboxylic acids is 1. The number of carbonyl (C=O) groups is 1. The predicted molar refractivity (Wildman–Crippen MR) is 82.4 cm³/mol. The van der Waals surface area contributed by atoms with Crippen LogP contribution in [0.1, 0.15) is 20.3 Å². The third-order valence-corrected chi connectivity index (χ3v) is 3.27. The number of hydrogen-bond acceptors (Lipinski definition) is 3. The van der Waals surface area contributed by atoms with E-state index in [2.05, 4.69) is 24.1 Å². The summed E-state index contributed by atoms with van der Waals surface area (Å²) in [6.07, 6.45) is 2.48. The average Bonchev–Trinajstić information content (AvgIpc) is 2.44. The highest BCUT2D eigenvalue weighted by Gasteiger charge is 2.18. The first kappa shape index (κ1) is 14.5. The van der Waals surface area contributed by atoms with Crippen molar-refractivity contribution in [3.63, 3.8) is 0 Å². The van der Waals surface area contributed by atoms with E-state index in [-0.39, 0.29) is 11.8 Å². The zero-order chi connectivity index (χ0) is 14.5. The molecule has 1 atom stereocenters. The number of para-hydroxylation sites is 1. The van der Waals surface area contributed by atoms with Gasteiger partial charge >= 0.3 is 0 Å². The Morgan fingerprint density at radius 3 is 2.80 bits per heavy atom. The predicted octanol–water partition coefficient (Wildman–Crippen LogP) is 2.79. The molecule has 0 fully saturated rings. The molecule has 2 aromatic rings. The van der Waals surface area contributed by atoms with E-state index in [1.165, 1.54) is 0 Å². The Kier molecular flexibility index (Phi) is 4.69. The Hall–Kier alpha value is -1.94. The summed E-state index contributed by atoms with van der Waals surface area (Å²) in [7, 11) is 0. The molecule has 1 heterocycles. The second kappa shape index (κ2) is 6.48. The second-order valence-corrected chi connectivity index (χ2v) is 5.47. The van der Waals surface area contributed by atoms with E-state index in [0.717, 1.165) is 23.0 Å². The molecule has 106 valence electrons. The Balaban J connectivity index is 2.12. The van der Waals surface area contributed by atoms with Crippen LogP contribution in [0.2, 0.25) is 0 Å². The van der Waals surface area contributed by atoms with E-state index in [4.69, 9.17) is 5.73 Å². The van der Waals surface area contributed by atoms with Crippen molar-refractivity contribution < 1.29 is 4.79 Å². The molecular weight excluding hydrogens is 250 g/mol. The van der Waals surface area contributed by atoms with Crippen molar-refractivity contribution >= 4 is 22.5 Å². The summed E-state index contributed by atoms with van der Waals surface area (Å²) in [6, 6.07) is 9.76. The molecule has 1 unspecified atom stereocenters. The lowest BCUT2D eigenvalue weighted by Crippen LogP contribution is -2.30. The number of pyridine rings is 1. The fraction of sp³-hybridized carbons (Fsp3) is 0.375. The van der Waals surface area contributed by atoms with Gasteiger partial charge in [-0.3, -0.25) is 9.78 Å². The van der Waals surface area contributed by atoms with Gasteiger partial charge in [0.25, 0.3) is 0 Å². The first-order chi connectivity index (χ1) is 9.60. The van der Waals surface area contributed by atoms with Crippen molar-refractivity contribution in [3.8, 4) is 0 Å². The summed E-state index contributed by atoms with van der Waals surface area (Å²) in [5.74, 6) is 0.267. The summed E-state index contributed by atoms with van der Waals surface area (Å²) in [5, 5.41) is 3.92. The van der Waals surface area contributed by atoms with Crippen LogP contribution in [0.4, 0.5) is 5.69 Å². The van der Waals surface area contributed by atoms with Crippen molar-refractivity contribution in [2.75, 3.05) is 11.9 Å². The van der Waals surface area contributed by atoms with Gasteiger partial charge in [-0.25, -0.2) is 0 Å². The van der Waals surface area contributed by atoms with Crippen molar-refractivity contribution in [2.24, 2.45) is 17.6 Å². The number of aromatic nitrogens is 1. The molecule has 1 aromatic carbocycles. The zero-order valence-electron chi connectivity index (χ0n) is 12.0. The summed E-state index contributed by atoms with van der Waals surface area (Å²) in [6.45, 7) is 4.55. The van der Waals surface area contributed by atoms with Gasteiger partial charge in [0.15, 0.2) is 0 Å². The van der Waals surface area contributed by atoms with Gasteiger partial charge in [-0.05, 0) is 24.5 Å². The minimum atomic E-state index is -0.151. The molecule has 0 saturated carbocycles. The van der Waals surface area contributed by atoms with Crippen LogP contribution < -0.4 is 11.1 Å². The van der Waals surface area contributed by atoms with Gasteiger partial charge in [-0.1, -0.05) is 32.0 Å². The Labute approximate surface area is 119 Å². The largest absolute Gasteiger partial charge is 0.330 e. The summed E-state index contributed by atoms with van der Waals surface area (Å²) in [4.78, 5) is 16.5. The number of amides is 1. The first-order valence-electron chi connectivity index (χ1n) is 6.96. The maximum absolute atomic E-state index is 12.2. The van der Waals surface area contributed by atoms with Crippen LogP contribution in [-0.4, -0.2) is 17.4 Å². The van der Waals surface area contributed by atoms with Crippen LogP contribution in [0.3, 0.4) is 0 Å². The number of hydrogen-bond donors (Lipinski definition) is 2. The van der Waals surface area contributed by atoms with Crippen LogP contribution in [-0.2, 0) is 4.79 Å². The third kappa shape index (κ3) is 3.54. The van der Waals surface area contributed by atoms with Crippen LogP contribution in [0.25, 0.3) is 10.9 Å². The molecular formula is C16H21N3O. The first-order valence-corrected chi connectivity index (χ1v) is 6.96. The van der Waals surface area contributed by atoms with Crippen LogP contribution in [0.5, 0.6) is 0 Å². The van der Waals surface area contributed by atoms with E-state index in [1.54, 1.807) is 6.20 Å². The number of nitrogens with one attached hydrogen (secondary N) is 1. The Morgan fingerprint density at radius 1 is 1.35 bits per heavy atom. The molecule has 0 aliphatic heterocycles. The number of nitrogens with zero attached hydrogens (tertiary/aromatic N) is 1. The molecule has 3 N–H and O–H groups in total. The van der Waals surface area contributed by atoms with E-state index < -0.39 is 0 Å². The normalized spacial score (nSPS) is 12.6. The van der Waals surface area contributed by atoms with Crippen LogP contribution >= 0.6 is 0 Å². The average molecular weight is 271 g/mol. The van der Waals surface area contributed by atoms with Crippen molar-refractivity contribution in [1.82, 2.24) is 4.98 Å². The molecule has 4 nitrogen and oxygen atoms in total. The second-order valence-electron chi connectivity index (χ2n) is 5.47. The van der Waals surface area contributed by atoms with E-state index in [9.17, 15) is 4.79 Å². The monoisotopic (exact) mass is 271 g/mol. The maximum atomic E-state index is 12.2. The van der Waals surface area contributed by atoms with Crippen LogP contribution in [0, 0.1) is 11.8 Å². The third-order valence-electron chi connectivity index (χ3n) is 3.27. The van der Waals surface area contributed by atoms with E-state index >= 15 is 0 Å². The molecule has 1 amide bonds. The van der Waals surface area contributed by atoms with Gasteiger partial charge in [0.2, 0.25) is 5.91 Å². The highest BCUT2D eigenvalue weighted by molar-refractivity contribution is 5.94. The summed E-state index contributed by atoms with van der Waals surface area (Å²) < 4.78 is 0. The molecule has 0 saturated heterocycles. The van der Waals surface area contributed by atoms with E-state index in [1.807, 2.05) is 30.3 Å². The van der Waals surface area contributed by atoms with Gasteiger partial charge in [0.05, 0.1) is 23.3 Å². The highest BCUT2D eigenvalue weighted by Crippen LogP contribution is 2.18. The van der Waals surface area contributed by atoms with Gasteiger partial charge in [-0.2, -0.15) is 0 Å². The number of rotatable bonds is 5. The molecule has 0 aliphatic carbocycles. The Morgan fingerprint density at radius 2 is 2.10 bits per heavy atom. The molecule has 1 aromatic heterocycles. The number of anilines is 1. The fourth-order valence-electron chi connectivity index (χ4n) is 2.26. The number of benzene rings is 1. The molecule has 20 heavy (non-hydrogen) atoms. The van der Waals surface area contributed by atoms with Crippen molar-refractivity contribution in [3.05, 3.63) is 36.5 Å². The number of nitrogens with two attached hydrogens (primary N) is 1. The van der Waals surface area contributed by atoms with Crippen LogP contribution in [0.15, 0.2) is 36.5 Å². The van der Waals surface area contributed by atoms with Gasteiger partial charge in [0, 0.05) is 11.9 Å². The smallest absolute Gasteiger partial charge is 0.228 e. The maximum Gasteiger partial charge on any atom is 0.228 e. The quantitative estimate of drug-likeness (QED) is 0.878. The minimum Gasteiger partial charge on any atom is -0.330 e. The molecule has 2 rings (SSSR count). The number of fused-ring (bicyclic) bond motifs is 1. The molecule has 0 spiro atoms. The Bertz CT molecular complexity index is 595. The molecule has 0 aliphatic rings. The molecule has 4 heteroatoms. The van der Waals surface area contributed by atoms with Gasteiger partial charge in [0.1, 0.15) is 0 Å². The topological polar surface area (TPSA) is 68.0 Å². The zero-order valence-corrected chi connectivity index (χ0v) is 12.0. The highest BCUT2D eigenvalue weighted by atomic mass is 16.1.